The molecule has 1 saturated heterocycles. The van der Waals surface area contributed by atoms with E-state index in [1.54, 1.807) is 23.5 Å². The molecule has 1 aromatic rings. The summed E-state index contributed by atoms with van der Waals surface area (Å²) in [5.41, 5.74) is 0. The Balaban J connectivity index is 2.00. The number of rotatable bonds is 6. The molecule has 0 aliphatic carbocycles. The molecule has 25 heavy (non-hydrogen) atoms. The van der Waals surface area contributed by atoms with Crippen LogP contribution in [0.25, 0.3) is 0 Å². The average molecular weight is 381 g/mol. The van der Waals surface area contributed by atoms with Crippen LogP contribution in [0.15, 0.2) is 35.2 Å². The van der Waals surface area contributed by atoms with Crippen LogP contribution in [-0.2, 0) is 9.59 Å². The Morgan fingerprint density at radius 3 is 2.68 bits per heavy atom. The highest BCUT2D eigenvalue weighted by Gasteiger charge is 2.30. The van der Waals surface area contributed by atoms with Crippen molar-refractivity contribution in [3.63, 3.8) is 0 Å². The van der Waals surface area contributed by atoms with Gasteiger partial charge in [0.2, 0.25) is 11.8 Å². The minimum Gasteiger partial charge on any atom is -0.343 e. The molecule has 0 spiro atoms. The maximum atomic E-state index is 13.0. The van der Waals surface area contributed by atoms with E-state index >= 15 is 0 Å². The zero-order chi connectivity index (χ0) is 18.2. The van der Waals surface area contributed by atoms with Gasteiger partial charge in [0.1, 0.15) is 6.04 Å². The van der Waals surface area contributed by atoms with Gasteiger partial charge in [0.05, 0.1) is 5.25 Å². The minimum absolute atomic E-state index is 0.0236. The number of nitrogens with one attached hydrogen (secondary N) is 1. The molecule has 1 aromatic carbocycles. The van der Waals surface area contributed by atoms with Gasteiger partial charge in [-0.3, -0.25) is 9.59 Å². The Labute approximate surface area is 159 Å². The van der Waals surface area contributed by atoms with Crippen molar-refractivity contribution in [3.05, 3.63) is 30.3 Å². The summed E-state index contributed by atoms with van der Waals surface area (Å²) in [6.07, 6.45) is 0.685. The lowest BCUT2D eigenvalue weighted by molar-refractivity contribution is -0.136. The summed E-state index contributed by atoms with van der Waals surface area (Å²) >= 11 is 3.38. The molecule has 1 aliphatic rings. The number of amides is 2. The first-order chi connectivity index (χ1) is 12.0. The van der Waals surface area contributed by atoms with Crippen molar-refractivity contribution < 1.29 is 9.59 Å². The van der Waals surface area contributed by atoms with Crippen LogP contribution in [0, 0.1) is 5.92 Å². The van der Waals surface area contributed by atoms with Crippen molar-refractivity contribution in [2.24, 2.45) is 5.92 Å². The zero-order valence-corrected chi connectivity index (χ0v) is 16.9. The van der Waals surface area contributed by atoms with E-state index in [0.717, 1.165) is 11.5 Å². The molecule has 1 heterocycles. The maximum absolute atomic E-state index is 13.0. The monoisotopic (exact) mass is 380 g/mol. The van der Waals surface area contributed by atoms with Gasteiger partial charge in [-0.25, -0.2) is 0 Å². The standard InChI is InChI=1S/C19H28N2O2S2/c1-14(2)13-17-19(23)21(9-11-24-15(3)18(22)20-17)10-12-25-16-7-5-4-6-8-16/h4-8,14-15,17H,9-13H2,1-3H3,(H,20,22)/t15-,17-/m0/s1. The summed E-state index contributed by atoms with van der Waals surface area (Å²) in [6.45, 7) is 7.49. The Morgan fingerprint density at radius 1 is 1.28 bits per heavy atom. The summed E-state index contributed by atoms with van der Waals surface area (Å²) in [5.74, 6) is 2.05. The second-order valence-electron chi connectivity index (χ2n) is 6.69. The van der Waals surface area contributed by atoms with Crippen molar-refractivity contribution in [1.82, 2.24) is 10.2 Å². The lowest BCUT2D eigenvalue weighted by atomic mass is 10.0. The maximum Gasteiger partial charge on any atom is 0.245 e. The Kier molecular flexibility index (Phi) is 8.16. The summed E-state index contributed by atoms with van der Waals surface area (Å²) in [6, 6.07) is 9.83. The van der Waals surface area contributed by atoms with E-state index in [1.807, 2.05) is 30.0 Å². The van der Waals surface area contributed by atoms with E-state index in [2.05, 4.69) is 31.3 Å². The number of hydrogen-bond donors (Lipinski definition) is 1. The summed E-state index contributed by atoms with van der Waals surface area (Å²) in [4.78, 5) is 28.4. The van der Waals surface area contributed by atoms with Gasteiger partial charge in [-0.1, -0.05) is 32.0 Å². The van der Waals surface area contributed by atoms with Crippen LogP contribution >= 0.6 is 23.5 Å². The zero-order valence-electron chi connectivity index (χ0n) is 15.2. The highest BCUT2D eigenvalue weighted by molar-refractivity contribution is 8.00. The van der Waals surface area contributed by atoms with Crippen LogP contribution in [0.2, 0.25) is 0 Å². The summed E-state index contributed by atoms with van der Waals surface area (Å²) < 4.78 is 0. The average Bonchev–Trinajstić information content (AvgIpc) is 2.62. The first-order valence-corrected chi connectivity index (χ1v) is 10.9. The number of thioether (sulfide) groups is 2. The van der Waals surface area contributed by atoms with Gasteiger partial charge in [0, 0.05) is 29.5 Å². The number of carbonyl (C=O) groups is 2. The largest absolute Gasteiger partial charge is 0.343 e. The second-order valence-corrected chi connectivity index (χ2v) is 9.31. The van der Waals surface area contributed by atoms with Crippen LogP contribution in [0.5, 0.6) is 0 Å². The minimum atomic E-state index is -0.407. The summed E-state index contributed by atoms with van der Waals surface area (Å²) in [5, 5.41) is 2.86. The second kappa shape index (κ2) is 10.1. The molecule has 1 fully saturated rings. The van der Waals surface area contributed by atoms with Crippen LogP contribution < -0.4 is 5.32 Å². The number of hydrogen-bond acceptors (Lipinski definition) is 4. The normalized spacial score (nSPS) is 22.3. The molecule has 2 atom stereocenters. The van der Waals surface area contributed by atoms with Crippen molar-refractivity contribution in [3.8, 4) is 0 Å². The van der Waals surface area contributed by atoms with E-state index in [9.17, 15) is 9.59 Å². The number of benzene rings is 1. The smallest absolute Gasteiger partial charge is 0.245 e. The Bertz CT molecular complexity index is 566. The summed E-state index contributed by atoms with van der Waals surface area (Å²) in [7, 11) is 0. The molecular weight excluding hydrogens is 352 g/mol. The van der Waals surface area contributed by atoms with Gasteiger partial charge in [-0.05, 0) is 31.4 Å². The molecule has 0 saturated carbocycles. The molecule has 138 valence electrons. The Morgan fingerprint density at radius 2 is 2.00 bits per heavy atom. The van der Waals surface area contributed by atoms with Crippen LogP contribution in [0.3, 0.4) is 0 Å². The molecule has 1 aliphatic heterocycles. The molecule has 0 aromatic heterocycles. The SMILES string of the molecule is CC(C)C[C@@H]1NC(=O)[C@H](C)SCCN(CCSc2ccccc2)C1=O. The molecule has 4 nitrogen and oxygen atoms in total. The van der Waals surface area contributed by atoms with E-state index in [-0.39, 0.29) is 17.1 Å². The van der Waals surface area contributed by atoms with E-state index in [1.165, 1.54) is 4.90 Å². The highest BCUT2D eigenvalue weighted by Crippen LogP contribution is 2.19. The molecule has 2 amide bonds. The lowest BCUT2D eigenvalue weighted by Crippen LogP contribution is -2.50. The van der Waals surface area contributed by atoms with Crippen LogP contribution in [0.4, 0.5) is 0 Å². The van der Waals surface area contributed by atoms with E-state index in [4.69, 9.17) is 0 Å². The first-order valence-electron chi connectivity index (χ1n) is 8.86. The third kappa shape index (κ3) is 6.59. The van der Waals surface area contributed by atoms with Gasteiger partial charge in [-0.15, -0.1) is 23.5 Å². The third-order valence-corrected chi connectivity index (χ3v) is 6.23. The van der Waals surface area contributed by atoms with Gasteiger partial charge in [0.15, 0.2) is 0 Å². The fourth-order valence-corrected chi connectivity index (χ4v) is 4.54. The molecule has 0 radical (unpaired) electrons. The van der Waals surface area contributed by atoms with Gasteiger partial charge >= 0.3 is 0 Å². The molecule has 0 unspecified atom stereocenters. The number of nitrogens with zero attached hydrogens (tertiary/aromatic N) is 1. The van der Waals surface area contributed by atoms with Gasteiger partial charge in [-0.2, -0.15) is 0 Å². The van der Waals surface area contributed by atoms with Crippen molar-refractivity contribution in [2.75, 3.05) is 24.6 Å². The van der Waals surface area contributed by atoms with E-state index < -0.39 is 6.04 Å². The number of carbonyl (C=O) groups excluding carboxylic acids is 2. The Hall–Kier alpha value is -1.14. The van der Waals surface area contributed by atoms with Crippen LogP contribution in [-0.4, -0.2) is 52.6 Å². The fraction of sp³-hybridized carbons (Fsp3) is 0.579. The first kappa shape index (κ1) is 20.2. The molecule has 6 heteroatoms. The predicted octanol–water partition coefficient (Wildman–Crippen LogP) is 3.27. The van der Waals surface area contributed by atoms with Gasteiger partial charge < -0.3 is 10.2 Å². The van der Waals surface area contributed by atoms with Crippen LogP contribution in [0.1, 0.15) is 27.2 Å². The third-order valence-electron chi connectivity index (χ3n) is 4.10. The van der Waals surface area contributed by atoms with Crippen molar-refractivity contribution in [1.29, 1.82) is 0 Å². The molecule has 0 bridgehead atoms. The van der Waals surface area contributed by atoms with E-state index in [0.29, 0.717) is 25.4 Å². The molecular formula is C19H28N2O2S2. The highest BCUT2D eigenvalue weighted by atomic mass is 32.2. The fourth-order valence-electron chi connectivity index (χ4n) is 2.74. The lowest BCUT2D eigenvalue weighted by Gasteiger charge is -2.27. The molecule has 2 rings (SSSR count). The van der Waals surface area contributed by atoms with Crippen molar-refractivity contribution in [2.45, 2.75) is 43.4 Å². The quantitative estimate of drug-likeness (QED) is 0.770. The predicted molar refractivity (Wildman–Crippen MR) is 107 cm³/mol. The molecule has 1 N–H and O–H groups in total. The van der Waals surface area contributed by atoms with Crippen molar-refractivity contribution >= 4 is 35.3 Å². The topological polar surface area (TPSA) is 49.4 Å². The van der Waals surface area contributed by atoms with Gasteiger partial charge in [0.25, 0.3) is 0 Å².